The van der Waals surface area contributed by atoms with Crippen LogP contribution in [0.3, 0.4) is 0 Å². The lowest BCUT2D eigenvalue weighted by Crippen LogP contribution is -2.41. The zero-order valence-corrected chi connectivity index (χ0v) is 11.9. The molecule has 0 aliphatic heterocycles. The third kappa shape index (κ3) is 4.89. The number of hydrogen-bond acceptors (Lipinski definition) is 3. The van der Waals surface area contributed by atoms with Crippen LogP contribution in [0.2, 0.25) is 0 Å². The summed E-state index contributed by atoms with van der Waals surface area (Å²) in [5.74, 6) is 0. The zero-order valence-electron chi connectivity index (χ0n) is 11.9. The number of benzene rings is 1. The van der Waals surface area contributed by atoms with Crippen molar-refractivity contribution in [3.05, 3.63) is 59.9 Å². The Morgan fingerprint density at radius 1 is 1.29 bits per heavy atom. The Morgan fingerprint density at radius 3 is 2.71 bits per heavy atom. The van der Waals surface area contributed by atoms with Gasteiger partial charge in [-0.25, -0.2) is 4.79 Å². The van der Waals surface area contributed by atoms with Gasteiger partial charge in [-0.3, -0.25) is 4.98 Å². The van der Waals surface area contributed by atoms with Gasteiger partial charge in [-0.2, -0.15) is 0 Å². The Labute approximate surface area is 124 Å². The van der Waals surface area contributed by atoms with Crippen LogP contribution < -0.4 is 10.6 Å². The number of hydrogen-bond donors (Lipinski definition) is 3. The van der Waals surface area contributed by atoms with Gasteiger partial charge in [-0.15, -0.1) is 0 Å². The molecular weight excluding hydrogens is 266 g/mol. The van der Waals surface area contributed by atoms with Crippen LogP contribution in [0.4, 0.5) is 10.5 Å². The molecule has 0 unspecified atom stereocenters. The number of rotatable bonds is 5. The van der Waals surface area contributed by atoms with Crippen LogP contribution in [-0.4, -0.2) is 28.8 Å². The Morgan fingerprint density at radius 2 is 2.05 bits per heavy atom. The van der Waals surface area contributed by atoms with Gasteiger partial charge in [0, 0.05) is 17.6 Å². The molecule has 1 atom stereocenters. The number of aliphatic hydroxyl groups is 1. The fourth-order valence-electron chi connectivity index (χ4n) is 2.04. The van der Waals surface area contributed by atoms with Crippen molar-refractivity contribution in [1.82, 2.24) is 10.3 Å². The molecule has 0 aliphatic carbocycles. The van der Waals surface area contributed by atoms with Crippen LogP contribution in [0.5, 0.6) is 0 Å². The van der Waals surface area contributed by atoms with Crippen LogP contribution in [-0.2, 0) is 6.42 Å². The van der Waals surface area contributed by atoms with Crippen LogP contribution in [0.25, 0.3) is 0 Å². The minimum Gasteiger partial charge on any atom is -0.394 e. The molecule has 2 amide bonds. The van der Waals surface area contributed by atoms with E-state index < -0.39 is 0 Å². The first kappa shape index (κ1) is 15.0. The lowest BCUT2D eigenvalue weighted by molar-refractivity contribution is 0.224. The number of nitrogens with one attached hydrogen (secondary N) is 2. The number of aliphatic hydroxyl groups excluding tert-OH is 1. The molecule has 21 heavy (non-hydrogen) atoms. The molecule has 0 saturated carbocycles. The molecule has 1 aromatic heterocycles. The van der Waals surface area contributed by atoms with Crippen LogP contribution in [0.1, 0.15) is 11.3 Å². The van der Waals surface area contributed by atoms with E-state index in [1.54, 1.807) is 18.3 Å². The predicted octanol–water partition coefficient (Wildman–Crippen LogP) is 2.12. The summed E-state index contributed by atoms with van der Waals surface area (Å²) < 4.78 is 0. The fourth-order valence-corrected chi connectivity index (χ4v) is 2.04. The molecule has 5 heteroatoms. The van der Waals surface area contributed by atoms with E-state index in [1.165, 1.54) is 0 Å². The first-order valence-electron chi connectivity index (χ1n) is 6.82. The van der Waals surface area contributed by atoms with Crippen molar-refractivity contribution < 1.29 is 9.90 Å². The van der Waals surface area contributed by atoms with E-state index in [-0.39, 0.29) is 18.7 Å². The summed E-state index contributed by atoms with van der Waals surface area (Å²) in [6.45, 7) is 1.74. The Balaban J connectivity index is 1.90. The van der Waals surface area contributed by atoms with E-state index in [9.17, 15) is 9.90 Å². The molecule has 3 N–H and O–H groups in total. The van der Waals surface area contributed by atoms with Gasteiger partial charge >= 0.3 is 6.03 Å². The molecule has 0 saturated heterocycles. The minimum atomic E-state index is -0.337. The summed E-state index contributed by atoms with van der Waals surface area (Å²) in [4.78, 5) is 16.0. The lowest BCUT2D eigenvalue weighted by Gasteiger charge is -2.17. The third-order valence-corrected chi connectivity index (χ3v) is 3.04. The number of aromatic nitrogens is 1. The third-order valence-electron chi connectivity index (χ3n) is 3.04. The summed E-state index contributed by atoms with van der Waals surface area (Å²) in [5, 5.41) is 14.9. The molecule has 1 aromatic carbocycles. The maximum atomic E-state index is 11.9. The number of carbonyl (C=O) groups is 1. The average molecular weight is 285 g/mol. The van der Waals surface area contributed by atoms with E-state index >= 15 is 0 Å². The van der Waals surface area contributed by atoms with Gasteiger partial charge in [-0.1, -0.05) is 30.3 Å². The van der Waals surface area contributed by atoms with E-state index in [2.05, 4.69) is 15.6 Å². The van der Waals surface area contributed by atoms with Crippen molar-refractivity contribution in [1.29, 1.82) is 0 Å². The monoisotopic (exact) mass is 285 g/mol. The maximum Gasteiger partial charge on any atom is 0.319 e. The SMILES string of the molecule is Cc1cc(NC(=O)N[C@H](CO)Cc2ccccc2)ccn1. The van der Waals surface area contributed by atoms with Crippen molar-refractivity contribution in [3.63, 3.8) is 0 Å². The number of nitrogens with zero attached hydrogens (tertiary/aromatic N) is 1. The van der Waals surface area contributed by atoms with Gasteiger partial charge < -0.3 is 15.7 Å². The molecule has 0 bridgehead atoms. The van der Waals surface area contributed by atoms with Gasteiger partial charge in [0.1, 0.15) is 0 Å². The number of amides is 2. The van der Waals surface area contributed by atoms with Gasteiger partial charge in [0.15, 0.2) is 0 Å². The highest BCUT2D eigenvalue weighted by molar-refractivity contribution is 5.89. The van der Waals surface area contributed by atoms with Gasteiger partial charge in [0.2, 0.25) is 0 Å². The number of carbonyl (C=O) groups excluding carboxylic acids is 1. The van der Waals surface area contributed by atoms with Gasteiger partial charge in [-0.05, 0) is 31.0 Å². The van der Waals surface area contributed by atoms with Crippen molar-refractivity contribution in [2.75, 3.05) is 11.9 Å². The summed E-state index contributed by atoms with van der Waals surface area (Å²) in [7, 11) is 0. The topological polar surface area (TPSA) is 74.2 Å². The molecular formula is C16H19N3O2. The molecule has 2 aromatic rings. The largest absolute Gasteiger partial charge is 0.394 e. The second-order valence-electron chi connectivity index (χ2n) is 4.85. The second-order valence-corrected chi connectivity index (χ2v) is 4.85. The summed E-state index contributed by atoms with van der Waals surface area (Å²) in [5.41, 5.74) is 2.57. The first-order chi connectivity index (χ1) is 10.2. The van der Waals surface area contributed by atoms with Crippen molar-refractivity contribution in [2.45, 2.75) is 19.4 Å². The Bertz CT molecular complexity index is 587. The standard InChI is InChI=1S/C16H19N3O2/c1-12-9-14(7-8-17-12)18-16(21)19-15(11-20)10-13-5-3-2-4-6-13/h2-9,15,20H,10-11H2,1H3,(H2,17,18,19,21)/t15-/m0/s1. The van der Waals surface area contributed by atoms with E-state index in [1.807, 2.05) is 37.3 Å². The molecule has 0 radical (unpaired) electrons. The van der Waals surface area contributed by atoms with Crippen LogP contribution >= 0.6 is 0 Å². The molecule has 2 rings (SSSR count). The lowest BCUT2D eigenvalue weighted by atomic mass is 10.1. The van der Waals surface area contributed by atoms with E-state index in [4.69, 9.17) is 0 Å². The second kappa shape index (κ2) is 7.40. The number of aryl methyl sites for hydroxylation is 1. The fraction of sp³-hybridized carbons (Fsp3) is 0.250. The molecule has 0 spiro atoms. The first-order valence-corrected chi connectivity index (χ1v) is 6.82. The number of pyridine rings is 1. The molecule has 5 nitrogen and oxygen atoms in total. The highest BCUT2D eigenvalue weighted by Crippen LogP contribution is 2.07. The number of anilines is 1. The van der Waals surface area contributed by atoms with Crippen molar-refractivity contribution in [3.8, 4) is 0 Å². The van der Waals surface area contributed by atoms with Crippen LogP contribution in [0, 0.1) is 6.92 Å². The van der Waals surface area contributed by atoms with Crippen LogP contribution in [0.15, 0.2) is 48.7 Å². The highest BCUT2D eigenvalue weighted by Gasteiger charge is 2.12. The number of urea groups is 1. The normalized spacial score (nSPS) is 11.7. The maximum absolute atomic E-state index is 11.9. The van der Waals surface area contributed by atoms with E-state index in [0.29, 0.717) is 12.1 Å². The average Bonchev–Trinajstić information content (AvgIpc) is 2.47. The Kier molecular flexibility index (Phi) is 5.29. The van der Waals surface area contributed by atoms with Crippen molar-refractivity contribution in [2.24, 2.45) is 0 Å². The quantitative estimate of drug-likeness (QED) is 0.787. The van der Waals surface area contributed by atoms with E-state index in [0.717, 1.165) is 11.3 Å². The van der Waals surface area contributed by atoms with Gasteiger partial charge in [0.25, 0.3) is 0 Å². The summed E-state index contributed by atoms with van der Waals surface area (Å²) in [6, 6.07) is 12.6. The zero-order chi connectivity index (χ0) is 15.1. The molecule has 1 heterocycles. The molecule has 0 aliphatic rings. The molecule has 0 fully saturated rings. The summed E-state index contributed by atoms with van der Waals surface area (Å²) >= 11 is 0. The minimum absolute atomic E-state index is 0.113. The van der Waals surface area contributed by atoms with Gasteiger partial charge in [0.05, 0.1) is 12.6 Å². The highest BCUT2D eigenvalue weighted by atomic mass is 16.3. The summed E-state index contributed by atoms with van der Waals surface area (Å²) in [6.07, 6.45) is 2.22. The van der Waals surface area contributed by atoms with Crippen molar-refractivity contribution >= 4 is 11.7 Å². The smallest absolute Gasteiger partial charge is 0.319 e. The Hall–Kier alpha value is -2.40. The molecule has 110 valence electrons. The predicted molar refractivity (Wildman–Crippen MR) is 82.1 cm³/mol.